The Morgan fingerprint density at radius 2 is 2.35 bits per heavy atom. The average molecular weight is 277 g/mol. The Kier molecular flexibility index (Phi) is 3.31. The molecule has 0 spiro atoms. The summed E-state index contributed by atoms with van der Waals surface area (Å²) >= 11 is 0. The monoisotopic (exact) mass is 277 g/mol. The minimum Gasteiger partial charge on any atom is -0.474 e. The van der Waals surface area contributed by atoms with E-state index in [1.165, 1.54) is 6.33 Å². The first-order valence-electron chi connectivity index (χ1n) is 6.69. The van der Waals surface area contributed by atoms with E-state index in [9.17, 15) is 0 Å². The van der Waals surface area contributed by atoms with Gasteiger partial charge in [0, 0.05) is 20.1 Å². The van der Waals surface area contributed by atoms with E-state index in [1.807, 2.05) is 7.05 Å². The van der Waals surface area contributed by atoms with E-state index >= 15 is 0 Å². The predicted octanol–water partition coefficient (Wildman–Crippen LogP) is 0.509. The smallest absolute Gasteiger partial charge is 0.227 e. The van der Waals surface area contributed by atoms with Gasteiger partial charge in [0.2, 0.25) is 5.88 Å². The van der Waals surface area contributed by atoms with Gasteiger partial charge in [0.1, 0.15) is 24.4 Å². The minimum absolute atomic E-state index is 0.0143. The molecule has 2 aromatic heterocycles. The standard InChI is InChI=1S/C13H19N5O2/c1-13(2)7-14-4-9(20-13)6-19-12-10-5-17-18(3)11(10)15-8-16-12/h5,8-9,14H,4,6-7H2,1-3H3. The van der Waals surface area contributed by atoms with Gasteiger partial charge in [0.05, 0.1) is 11.8 Å². The second kappa shape index (κ2) is 4.99. The summed E-state index contributed by atoms with van der Waals surface area (Å²) in [5.74, 6) is 0.551. The Bertz CT molecular complexity index is 610. The number of nitrogens with one attached hydrogen (secondary N) is 1. The highest BCUT2D eigenvalue weighted by molar-refractivity contribution is 5.79. The molecule has 1 unspecified atom stereocenters. The van der Waals surface area contributed by atoms with Gasteiger partial charge in [-0.2, -0.15) is 5.10 Å². The minimum atomic E-state index is -0.165. The lowest BCUT2D eigenvalue weighted by Gasteiger charge is -2.36. The maximum Gasteiger partial charge on any atom is 0.227 e. The molecular formula is C13H19N5O2. The molecule has 20 heavy (non-hydrogen) atoms. The first kappa shape index (κ1) is 13.3. The highest BCUT2D eigenvalue weighted by Crippen LogP contribution is 2.21. The van der Waals surface area contributed by atoms with Crippen molar-refractivity contribution in [2.24, 2.45) is 7.05 Å². The number of hydrogen-bond donors (Lipinski definition) is 1. The van der Waals surface area contributed by atoms with E-state index in [1.54, 1.807) is 10.9 Å². The number of aromatic nitrogens is 4. The number of morpholine rings is 1. The molecule has 2 aromatic rings. The van der Waals surface area contributed by atoms with Crippen molar-refractivity contribution in [3.05, 3.63) is 12.5 Å². The number of rotatable bonds is 3. The first-order chi connectivity index (χ1) is 9.55. The molecule has 3 heterocycles. The van der Waals surface area contributed by atoms with Crippen molar-refractivity contribution in [3.8, 4) is 5.88 Å². The quantitative estimate of drug-likeness (QED) is 0.881. The molecule has 1 fully saturated rings. The van der Waals surface area contributed by atoms with Crippen LogP contribution in [0.15, 0.2) is 12.5 Å². The van der Waals surface area contributed by atoms with Crippen molar-refractivity contribution in [1.82, 2.24) is 25.1 Å². The van der Waals surface area contributed by atoms with Crippen LogP contribution >= 0.6 is 0 Å². The summed E-state index contributed by atoms with van der Waals surface area (Å²) < 4.78 is 13.5. The molecule has 1 N–H and O–H groups in total. The molecule has 0 amide bonds. The van der Waals surface area contributed by atoms with Crippen LogP contribution in [0, 0.1) is 0 Å². The van der Waals surface area contributed by atoms with E-state index in [4.69, 9.17) is 9.47 Å². The fraction of sp³-hybridized carbons (Fsp3) is 0.615. The van der Waals surface area contributed by atoms with Crippen LogP contribution < -0.4 is 10.1 Å². The van der Waals surface area contributed by atoms with Crippen LogP contribution in [0.25, 0.3) is 11.0 Å². The van der Waals surface area contributed by atoms with Gasteiger partial charge in [-0.15, -0.1) is 0 Å². The Balaban J connectivity index is 1.71. The molecule has 0 radical (unpaired) electrons. The molecule has 7 heteroatoms. The Labute approximate surface area is 117 Å². The van der Waals surface area contributed by atoms with Crippen molar-refractivity contribution < 1.29 is 9.47 Å². The summed E-state index contributed by atoms with van der Waals surface area (Å²) in [7, 11) is 1.84. The molecule has 7 nitrogen and oxygen atoms in total. The van der Waals surface area contributed by atoms with Crippen molar-refractivity contribution in [2.75, 3.05) is 19.7 Å². The summed E-state index contributed by atoms with van der Waals surface area (Å²) in [5.41, 5.74) is 0.597. The largest absolute Gasteiger partial charge is 0.474 e. The third-order valence-corrected chi connectivity index (χ3v) is 3.31. The molecule has 0 aromatic carbocycles. The molecule has 0 bridgehead atoms. The highest BCUT2D eigenvalue weighted by atomic mass is 16.6. The zero-order chi connectivity index (χ0) is 14.2. The maximum atomic E-state index is 5.96. The third kappa shape index (κ3) is 2.59. The van der Waals surface area contributed by atoms with Gasteiger partial charge in [-0.25, -0.2) is 9.97 Å². The predicted molar refractivity (Wildman–Crippen MR) is 73.6 cm³/mol. The second-order valence-electron chi connectivity index (χ2n) is 5.63. The molecule has 1 aliphatic heterocycles. The van der Waals surface area contributed by atoms with Gasteiger partial charge in [-0.3, -0.25) is 4.68 Å². The molecule has 108 valence electrons. The SMILES string of the molecule is Cn1ncc2c(OCC3CNCC(C)(C)O3)ncnc21. The molecule has 1 saturated heterocycles. The molecule has 1 aliphatic rings. The average Bonchev–Trinajstić information content (AvgIpc) is 2.78. The van der Waals surface area contributed by atoms with Crippen molar-refractivity contribution in [3.63, 3.8) is 0 Å². The summed E-state index contributed by atoms with van der Waals surface area (Å²) in [4.78, 5) is 8.36. The molecule has 1 atom stereocenters. The molecular weight excluding hydrogens is 258 g/mol. The van der Waals surface area contributed by atoms with E-state index in [2.05, 4.69) is 34.2 Å². The van der Waals surface area contributed by atoms with E-state index in [0.717, 1.165) is 24.1 Å². The summed E-state index contributed by atoms with van der Waals surface area (Å²) in [5, 5.41) is 8.33. The van der Waals surface area contributed by atoms with Gasteiger partial charge >= 0.3 is 0 Å². The fourth-order valence-corrected chi connectivity index (χ4v) is 2.39. The van der Waals surface area contributed by atoms with Crippen LogP contribution in [0.5, 0.6) is 5.88 Å². The Morgan fingerprint density at radius 3 is 3.15 bits per heavy atom. The lowest BCUT2D eigenvalue weighted by Crippen LogP contribution is -2.52. The Morgan fingerprint density at radius 1 is 1.50 bits per heavy atom. The van der Waals surface area contributed by atoms with Gasteiger partial charge in [0.15, 0.2) is 5.65 Å². The Hall–Kier alpha value is -1.73. The number of ether oxygens (including phenoxy) is 2. The van der Waals surface area contributed by atoms with Crippen LogP contribution in [0.1, 0.15) is 13.8 Å². The topological polar surface area (TPSA) is 74.1 Å². The molecule has 3 rings (SSSR count). The van der Waals surface area contributed by atoms with Gasteiger partial charge < -0.3 is 14.8 Å². The molecule has 0 saturated carbocycles. The van der Waals surface area contributed by atoms with E-state index in [-0.39, 0.29) is 11.7 Å². The highest BCUT2D eigenvalue weighted by Gasteiger charge is 2.28. The normalized spacial score (nSPS) is 22.1. The van der Waals surface area contributed by atoms with Gasteiger partial charge in [-0.05, 0) is 13.8 Å². The van der Waals surface area contributed by atoms with Crippen molar-refractivity contribution in [2.45, 2.75) is 25.6 Å². The van der Waals surface area contributed by atoms with Gasteiger partial charge in [0.25, 0.3) is 0 Å². The van der Waals surface area contributed by atoms with Crippen LogP contribution in [0.4, 0.5) is 0 Å². The third-order valence-electron chi connectivity index (χ3n) is 3.31. The number of aryl methyl sites for hydroxylation is 1. The summed E-state index contributed by atoms with van der Waals surface area (Å²) in [6.07, 6.45) is 3.22. The number of hydrogen-bond acceptors (Lipinski definition) is 6. The fourth-order valence-electron chi connectivity index (χ4n) is 2.39. The van der Waals surface area contributed by atoms with Crippen LogP contribution in [0.3, 0.4) is 0 Å². The number of nitrogens with zero attached hydrogens (tertiary/aromatic N) is 4. The van der Waals surface area contributed by atoms with Gasteiger partial charge in [-0.1, -0.05) is 0 Å². The lowest BCUT2D eigenvalue weighted by atomic mass is 10.1. The van der Waals surface area contributed by atoms with E-state index < -0.39 is 0 Å². The van der Waals surface area contributed by atoms with Crippen molar-refractivity contribution in [1.29, 1.82) is 0 Å². The first-order valence-corrected chi connectivity index (χ1v) is 6.69. The van der Waals surface area contributed by atoms with E-state index in [0.29, 0.717) is 12.5 Å². The number of fused-ring (bicyclic) bond motifs is 1. The zero-order valence-corrected chi connectivity index (χ0v) is 12.0. The summed E-state index contributed by atoms with van der Waals surface area (Å²) in [6, 6.07) is 0. The molecule has 0 aliphatic carbocycles. The zero-order valence-electron chi connectivity index (χ0n) is 12.0. The second-order valence-corrected chi connectivity index (χ2v) is 5.63. The maximum absolute atomic E-state index is 5.96. The van der Waals surface area contributed by atoms with Crippen molar-refractivity contribution >= 4 is 11.0 Å². The van der Waals surface area contributed by atoms with Crippen LogP contribution in [-0.4, -0.2) is 51.1 Å². The lowest BCUT2D eigenvalue weighted by molar-refractivity contribution is -0.107. The summed E-state index contributed by atoms with van der Waals surface area (Å²) in [6.45, 7) is 6.22. The van der Waals surface area contributed by atoms with Crippen LogP contribution in [-0.2, 0) is 11.8 Å². The van der Waals surface area contributed by atoms with Crippen LogP contribution in [0.2, 0.25) is 0 Å².